The van der Waals surface area contributed by atoms with E-state index in [1.807, 2.05) is 24.3 Å². The highest BCUT2D eigenvalue weighted by molar-refractivity contribution is 5.96. The fourth-order valence-corrected chi connectivity index (χ4v) is 4.53. The van der Waals surface area contributed by atoms with Gasteiger partial charge in [-0.15, -0.1) is 0 Å². The third-order valence-corrected chi connectivity index (χ3v) is 7.14. The molecule has 0 saturated heterocycles. The number of hydrogen-bond donors (Lipinski definition) is 1. The van der Waals surface area contributed by atoms with Gasteiger partial charge in [0.05, 0.1) is 44.2 Å². The van der Waals surface area contributed by atoms with Crippen LogP contribution in [0.2, 0.25) is 0 Å². The molecule has 10 heteroatoms. The van der Waals surface area contributed by atoms with Crippen LogP contribution < -0.4 is 9.47 Å². The average molecular weight is 659 g/mol. The zero-order chi connectivity index (χ0) is 34.6. The minimum atomic E-state index is -1.04. The number of carbonyl (C=O) groups excluding carboxylic acids is 3. The van der Waals surface area contributed by atoms with Gasteiger partial charge in [0.2, 0.25) is 0 Å². The Hall–Kier alpha value is -5.38. The van der Waals surface area contributed by atoms with Gasteiger partial charge in [0.25, 0.3) is 0 Å². The molecule has 0 atom stereocenters. The molecule has 0 radical (unpaired) electrons. The summed E-state index contributed by atoms with van der Waals surface area (Å²) in [5.74, 6) is -1.13. The zero-order valence-electron chi connectivity index (χ0n) is 27.0. The summed E-state index contributed by atoms with van der Waals surface area (Å²) in [5, 5.41) is 9.75. The van der Waals surface area contributed by atoms with E-state index in [9.17, 15) is 24.3 Å². The Morgan fingerprint density at radius 3 is 1.71 bits per heavy atom. The number of carboxylic acids is 1. The lowest BCUT2D eigenvalue weighted by atomic mass is 9.98. The van der Waals surface area contributed by atoms with Gasteiger partial charge in [-0.25, -0.2) is 19.2 Å². The van der Waals surface area contributed by atoms with Crippen molar-refractivity contribution in [1.29, 1.82) is 0 Å². The molecule has 0 unspecified atom stereocenters. The normalized spacial score (nSPS) is 10.4. The molecule has 0 spiro atoms. The van der Waals surface area contributed by atoms with Crippen LogP contribution >= 0.6 is 0 Å². The second-order valence-electron chi connectivity index (χ2n) is 10.7. The molecule has 3 aromatic rings. The van der Waals surface area contributed by atoms with Crippen LogP contribution in [0.25, 0.3) is 11.1 Å². The van der Waals surface area contributed by atoms with Gasteiger partial charge in [-0.1, -0.05) is 37.4 Å². The number of unbranched alkanes of at least 4 members (excludes halogenated alkanes) is 4. The van der Waals surface area contributed by atoms with Crippen LogP contribution in [-0.2, 0) is 30.2 Å². The highest BCUT2D eigenvalue weighted by Gasteiger charge is 2.14. The van der Waals surface area contributed by atoms with E-state index < -0.39 is 23.9 Å². The first kappa shape index (κ1) is 37.1. The first-order chi connectivity index (χ1) is 23.3. The number of aromatic carboxylic acids is 1. The second kappa shape index (κ2) is 20.7. The third kappa shape index (κ3) is 13.2. The monoisotopic (exact) mass is 658 g/mol. The van der Waals surface area contributed by atoms with E-state index in [4.69, 9.17) is 23.7 Å². The van der Waals surface area contributed by atoms with Crippen LogP contribution in [0, 0.1) is 0 Å². The maximum atomic E-state index is 12.5. The Bertz CT molecular complexity index is 1510. The number of rotatable bonds is 22. The molecule has 0 saturated carbocycles. The summed E-state index contributed by atoms with van der Waals surface area (Å²) in [6.45, 7) is 8.52. The van der Waals surface area contributed by atoms with Crippen molar-refractivity contribution in [3.63, 3.8) is 0 Å². The molecule has 0 aromatic heterocycles. The molecule has 10 nitrogen and oxygen atoms in total. The first-order valence-electron chi connectivity index (χ1n) is 15.9. The minimum Gasteiger partial charge on any atom is -0.494 e. The van der Waals surface area contributed by atoms with Crippen molar-refractivity contribution in [3.05, 3.63) is 109 Å². The van der Waals surface area contributed by atoms with E-state index in [0.717, 1.165) is 55.4 Å². The Morgan fingerprint density at radius 2 is 1.15 bits per heavy atom. The molecule has 254 valence electrons. The highest BCUT2D eigenvalue weighted by Crippen LogP contribution is 2.29. The van der Waals surface area contributed by atoms with Crippen molar-refractivity contribution < 1.29 is 48.0 Å². The molecule has 3 aromatic carbocycles. The summed E-state index contributed by atoms with van der Waals surface area (Å²) < 4.78 is 26.9. The van der Waals surface area contributed by atoms with Crippen LogP contribution in [0.5, 0.6) is 11.5 Å². The lowest BCUT2D eigenvalue weighted by Gasteiger charge is -2.12. The van der Waals surface area contributed by atoms with Crippen LogP contribution in [0.4, 0.5) is 0 Å². The maximum absolute atomic E-state index is 12.5. The lowest BCUT2D eigenvalue weighted by Crippen LogP contribution is -2.08. The molecular formula is C38H42O10. The Labute approximate surface area is 280 Å². The summed E-state index contributed by atoms with van der Waals surface area (Å²) in [6, 6.07) is 19.1. The topological polar surface area (TPSA) is 135 Å². The molecular weight excluding hydrogens is 616 g/mol. The molecule has 1 N–H and O–H groups in total. The first-order valence-corrected chi connectivity index (χ1v) is 15.9. The highest BCUT2D eigenvalue weighted by atomic mass is 16.5. The van der Waals surface area contributed by atoms with Crippen molar-refractivity contribution in [3.8, 4) is 22.6 Å². The van der Waals surface area contributed by atoms with E-state index in [2.05, 4.69) is 13.2 Å². The molecule has 0 amide bonds. The van der Waals surface area contributed by atoms with Crippen LogP contribution in [0.3, 0.4) is 0 Å². The van der Waals surface area contributed by atoms with Crippen molar-refractivity contribution >= 4 is 23.9 Å². The van der Waals surface area contributed by atoms with Gasteiger partial charge in [0.15, 0.2) is 0 Å². The number of carboxylic acid groups (broad SMARTS) is 1. The summed E-state index contributed by atoms with van der Waals surface area (Å²) in [4.78, 5) is 46.5. The SMILES string of the molecule is C=CC(=O)OCCCCCOc1ccc(C(=O)OCCc2ccc(-c3cc(OCCCCCOC(=O)C=C)ccc3C(=O)O)cc2)cc1. The summed E-state index contributed by atoms with van der Waals surface area (Å²) in [7, 11) is 0. The van der Waals surface area contributed by atoms with Crippen LogP contribution in [-0.4, -0.2) is 62.0 Å². The maximum Gasteiger partial charge on any atom is 0.338 e. The number of ether oxygens (including phenoxy) is 5. The number of esters is 3. The van der Waals surface area contributed by atoms with Gasteiger partial charge in [0, 0.05) is 18.6 Å². The van der Waals surface area contributed by atoms with E-state index in [0.29, 0.717) is 61.9 Å². The van der Waals surface area contributed by atoms with E-state index in [1.54, 1.807) is 36.4 Å². The largest absolute Gasteiger partial charge is 0.494 e. The van der Waals surface area contributed by atoms with Crippen LogP contribution in [0.1, 0.15) is 64.8 Å². The predicted molar refractivity (Wildman–Crippen MR) is 180 cm³/mol. The molecule has 0 aliphatic rings. The smallest absolute Gasteiger partial charge is 0.338 e. The second-order valence-corrected chi connectivity index (χ2v) is 10.7. The lowest BCUT2D eigenvalue weighted by molar-refractivity contribution is -0.138. The Kier molecular flexibility index (Phi) is 16.0. The van der Waals surface area contributed by atoms with Gasteiger partial charge in [-0.05, 0) is 97.7 Å². The van der Waals surface area contributed by atoms with Crippen molar-refractivity contribution in [2.75, 3.05) is 33.0 Å². The molecule has 3 rings (SSSR count). The van der Waals surface area contributed by atoms with Gasteiger partial charge < -0.3 is 28.8 Å². The quantitative estimate of drug-likeness (QED) is 0.0520. The van der Waals surface area contributed by atoms with E-state index in [-0.39, 0.29) is 12.2 Å². The molecule has 0 bridgehead atoms. The molecule has 0 aliphatic heterocycles. The van der Waals surface area contributed by atoms with Crippen molar-refractivity contribution in [2.24, 2.45) is 0 Å². The van der Waals surface area contributed by atoms with Gasteiger partial charge >= 0.3 is 23.9 Å². The fourth-order valence-electron chi connectivity index (χ4n) is 4.53. The average Bonchev–Trinajstić information content (AvgIpc) is 3.10. The van der Waals surface area contributed by atoms with Gasteiger partial charge in [-0.2, -0.15) is 0 Å². The fraction of sp³-hybridized carbons (Fsp3) is 0.316. The van der Waals surface area contributed by atoms with Crippen molar-refractivity contribution in [1.82, 2.24) is 0 Å². The van der Waals surface area contributed by atoms with Crippen LogP contribution in [0.15, 0.2) is 92.0 Å². The number of carbonyl (C=O) groups is 4. The molecule has 48 heavy (non-hydrogen) atoms. The molecule has 0 aliphatic carbocycles. The van der Waals surface area contributed by atoms with Crippen molar-refractivity contribution in [2.45, 2.75) is 44.9 Å². The summed E-state index contributed by atoms with van der Waals surface area (Å²) in [6.07, 6.45) is 7.43. The molecule has 0 fully saturated rings. The number of hydrogen-bond acceptors (Lipinski definition) is 9. The summed E-state index contributed by atoms with van der Waals surface area (Å²) >= 11 is 0. The predicted octanol–water partition coefficient (Wildman–Crippen LogP) is 7.01. The third-order valence-electron chi connectivity index (χ3n) is 7.14. The minimum absolute atomic E-state index is 0.160. The standard InChI is InChI=1S/C38H42O10/c1-3-35(39)46-24-9-5-7-22-44-31-17-15-30(16-18-31)38(43)48-26-21-28-11-13-29(14-12-28)34-27-32(19-20-33(34)37(41)42)45-23-8-6-10-25-47-36(40)4-2/h3-4,11-20,27H,1-2,5-10,21-26H2,(H,41,42). The Balaban J connectivity index is 1.42. The Morgan fingerprint density at radius 1 is 0.604 bits per heavy atom. The van der Waals surface area contributed by atoms with E-state index >= 15 is 0 Å². The van der Waals surface area contributed by atoms with E-state index in [1.165, 1.54) is 6.07 Å². The number of benzene rings is 3. The van der Waals surface area contributed by atoms with Gasteiger partial charge in [-0.3, -0.25) is 0 Å². The zero-order valence-corrected chi connectivity index (χ0v) is 27.0. The molecule has 0 heterocycles. The van der Waals surface area contributed by atoms with Gasteiger partial charge in [0.1, 0.15) is 11.5 Å². The summed E-state index contributed by atoms with van der Waals surface area (Å²) in [5.41, 5.74) is 2.76.